The van der Waals surface area contributed by atoms with E-state index in [2.05, 4.69) is 4.98 Å². The molecular formula is C13H9Cl3N2OS. The van der Waals surface area contributed by atoms with Crippen LogP contribution in [0.5, 0.6) is 5.75 Å². The van der Waals surface area contributed by atoms with Crippen LogP contribution in [-0.4, -0.2) is 9.97 Å². The van der Waals surface area contributed by atoms with Crippen molar-refractivity contribution >= 4 is 52.0 Å². The number of rotatable bonds is 4. The van der Waals surface area contributed by atoms with Gasteiger partial charge in [-0.3, -0.25) is 4.98 Å². The summed E-state index contributed by atoms with van der Waals surface area (Å²) in [5.74, 6) is 0.381. The number of halogens is 3. The number of pyridine rings is 1. The number of hydrogen-bond donors (Lipinski definition) is 1. The fourth-order valence-electron chi connectivity index (χ4n) is 1.52. The first-order valence-electron chi connectivity index (χ1n) is 5.49. The Bertz CT molecular complexity index is 641. The van der Waals surface area contributed by atoms with Crippen LogP contribution in [0, 0.1) is 0 Å². The molecule has 0 aliphatic carbocycles. The summed E-state index contributed by atoms with van der Waals surface area (Å²) in [6.45, 7) is 0.263. The highest BCUT2D eigenvalue weighted by molar-refractivity contribution is 7.80. The van der Waals surface area contributed by atoms with Crippen molar-refractivity contribution < 1.29 is 4.74 Å². The molecular weight excluding hydrogens is 339 g/mol. The fraction of sp³-hybridized carbons (Fsp3) is 0.0769. The molecule has 0 radical (unpaired) electrons. The average molecular weight is 348 g/mol. The Balaban J connectivity index is 2.17. The van der Waals surface area contributed by atoms with Crippen LogP contribution in [0.25, 0.3) is 0 Å². The highest BCUT2D eigenvalue weighted by atomic mass is 35.5. The maximum atomic E-state index is 6.04. The molecule has 1 aromatic heterocycles. The van der Waals surface area contributed by atoms with Crippen LogP contribution >= 0.6 is 47.0 Å². The van der Waals surface area contributed by atoms with Gasteiger partial charge < -0.3 is 10.5 Å². The van der Waals surface area contributed by atoms with E-state index in [1.165, 1.54) is 0 Å². The van der Waals surface area contributed by atoms with Crippen molar-refractivity contribution in [2.45, 2.75) is 6.61 Å². The van der Waals surface area contributed by atoms with E-state index in [9.17, 15) is 0 Å². The second kappa shape index (κ2) is 6.59. The summed E-state index contributed by atoms with van der Waals surface area (Å²) in [4.78, 5) is 4.28. The second-order valence-electron chi connectivity index (χ2n) is 3.90. The van der Waals surface area contributed by atoms with Crippen LogP contribution in [-0.2, 0) is 6.61 Å². The van der Waals surface area contributed by atoms with E-state index < -0.39 is 0 Å². The normalized spacial score (nSPS) is 10.3. The summed E-state index contributed by atoms with van der Waals surface area (Å²) in [7, 11) is 0. The highest BCUT2D eigenvalue weighted by Gasteiger charge is 2.10. The molecule has 1 heterocycles. The van der Waals surface area contributed by atoms with Crippen LogP contribution < -0.4 is 10.5 Å². The smallest absolute Gasteiger partial charge is 0.157 e. The molecule has 20 heavy (non-hydrogen) atoms. The summed E-state index contributed by atoms with van der Waals surface area (Å²) in [5.41, 5.74) is 6.91. The predicted octanol–water partition coefficient (Wildman–Crippen LogP) is 4.26. The summed E-state index contributed by atoms with van der Waals surface area (Å²) < 4.78 is 5.61. The molecule has 104 valence electrons. The van der Waals surface area contributed by atoms with Crippen LogP contribution in [0.3, 0.4) is 0 Å². The molecule has 3 nitrogen and oxygen atoms in total. The van der Waals surface area contributed by atoms with Gasteiger partial charge in [0.15, 0.2) is 5.75 Å². The van der Waals surface area contributed by atoms with Gasteiger partial charge in [-0.05, 0) is 29.8 Å². The molecule has 0 unspecified atom stereocenters. The third-order valence-corrected chi connectivity index (χ3v) is 3.41. The Morgan fingerprint density at radius 1 is 1.20 bits per heavy atom. The molecule has 0 spiro atoms. The molecule has 1 aromatic carbocycles. The summed E-state index contributed by atoms with van der Waals surface area (Å²) >= 11 is 22.8. The lowest BCUT2D eigenvalue weighted by Crippen LogP contribution is -2.12. The van der Waals surface area contributed by atoms with E-state index in [0.29, 0.717) is 26.5 Å². The molecule has 0 saturated carbocycles. The lowest BCUT2D eigenvalue weighted by molar-refractivity contribution is 0.306. The zero-order valence-corrected chi connectivity index (χ0v) is 13.2. The minimum atomic E-state index is 0.231. The van der Waals surface area contributed by atoms with Crippen LogP contribution in [0.1, 0.15) is 11.3 Å². The fourth-order valence-corrected chi connectivity index (χ4v) is 2.56. The number of nitrogens with zero attached hydrogens (tertiary/aromatic N) is 1. The number of ether oxygens (including phenoxy) is 1. The van der Waals surface area contributed by atoms with Gasteiger partial charge in [-0.2, -0.15) is 0 Å². The summed E-state index contributed by atoms with van der Waals surface area (Å²) in [6, 6.07) is 6.67. The van der Waals surface area contributed by atoms with Gasteiger partial charge in [-0.25, -0.2) is 0 Å². The maximum absolute atomic E-state index is 6.04. The van der Waals surface area contributed by atoms with Gasteiger partial charge in [0.1, 0.15) is 11.6 Å². The van der Waals surface area contributed by atoms with E-state index >= 15 is 0 Å². The Morgan fingerprint density at radius 3 is 2.45 bits per heavy atom. The summed E-state index contributed by atoms with van der Waals surface area (Å²) in [5, 5.41) is 1.16. The number of aromatic nitrogens is 1. The zero-order chi connectivity index (χ0) is 14.7. The minimum Gasteiger partial charge on any atom is -0.486 e. The molecule has 0 bridgehead atoms. The van der Waals surface area contributed by atoms with Crippen molar-refractivity contribution in [3.05, 3.63) is 56.8 Å². The minimum absolute atomic E-state index is 0.231. The third-order valence-electron chi connectivity index (χ3n) is 2.42. The van der Waals surface area contributed by atoms with E-state index in [4.69, 9.17) is 57.5 Å². The Kier molecular flexibility index (Phi) is 5.05. The maximum Gasteiger partial charge on any atom is 0.157 e. The number of nitrogens with two attached hydrogens (primary N) is 1. The predicted molar refractivity (Wildman–Crippen MR) is 85.9 cm³/mol. The zero-order valence-electron chi connectivity index (χ0n) is 10.1. The van der Waals surface area contributed by atoms with Crippen molar-refractivity contribution in [1.29, 1.82) is 0 Å². The second-order valence-corrected chi connectivity index (χ2v) is 5.59. The average Bonchev–Trinajstić information content (AvgIpc) is 2.37. The van der Waals surface area contributed by atoms with Crippen molar-refractivity contribution in [2.24, 2.45) is 5.73 Å². The van der Waals surface area contributed by atoms with Crippen LogP contribution in [0.15, 0.2) is 30.5 Å². The van der Waals surface area contributed by atoms with E-state index in [0.717, 1.165) is 5.56 Å². The molecule has 0 amide bonds. The van der Waals surface area contributed by atoms with Crippen molar-refractivity contribution in [3.8, 4) is 5.75 Å². The SMILES string of the molecule is NC(=S)c1cc(COc2c(Cl)cc(Cl)cc2Cl)ccn1. The molecule has 0 fully saturated rings. The first-order valence-corrected chi connectivity index (χ1v) is 7.03. The van der Waals surface area contributed by atoms with Crippen molar-refractivity contribution in [2.75, 3.05) is 0 Å². The lowest BCUT2D eigenvalue weighted by Gasteiger charge is -2.10. The lowest BCUT2D eigenvalue weighted by atomic mass is 10.2. The summed E-state index contributed by atoms with van der Waals surface area (Å²) in [6.07, 6.45) is 1.61. The third kappa shape index (κ3) is 3.73. The van der Waals surface area contributed by atoms with Gasteiger partial charge in [-0.15, -0.1) is 0 Å². The van der Waals surface area contributed by atoms with Gasteiger partial charge in [-0.1, -0.05) is 47.0 Å². The molecule has 2 rings (SSSR count). The molecule has 7 heteroatoms. The first kappa shape index (κ1) is 15.3. The largest absolute Gasteiger partial charge is 0.486 e. The van der Waals surface area contributed by atoms with Crippen molar-refractivity contribution in [1.82, 2.24) is 4.98 Å². The highest BCUT2D eigenvalue weighted by Crippen LogP contribution is 2.36. The number of benzene rings is 1. The molecule has 0 atom stereocenters. The van der Waals surface area contributed by atoms with Gasteiger partial charge in [0.25, 0.3) is 0 Å². The van der Waals surface area contributed by atoms with Gasteiger partial charge in [0.05, 0.1) is 15.7 Å². The Morgan fingerprint density at radius 2 is 1.85 bits per heavy atom. The molecule has 0 saturated heterocycles. The van der Waals surface area contributed by atoms with E-state index in [-0.39, 0.29) is 11.6 Å². The van der Waals surface area contributed by atoms with E-state index in [1.54, 1.807) is 30.5 Å². The number of hydrogen-bond acceptors (Lipinski definition) is 3. The van der Waals surface area contributed by atoms with Crippen LogP contribution in [0.4, 0.5) is 0 Å². The standard InChI is InChI=1S/C13H9Cl3N2OS/c14-8-4-9(15)12(10(16)5-8)19-6-7-1-2-18-11(3-7)13(17)20/h1-5H,6H2,(H2,17,20). The van der Waals surface area contributed by atoms with Gasteiger partial charge in [0, 0.05) is 11.2 Å². The monoisotopic (exact) mass is 346 g/mol. The van der Waals surface area contributed by atoms with E-state index in [1.807, 2.05) is 0 Å². The number of thiocarbonyl (C=S) groups is 1. The Hall–Kier alpha value is -1.07. The topological polar surface area (TPSA) is 48.1 Å². The first-order chi connectivity index (χ1) is 9.47. The molecule has 0 aliphatic heterocycles. The molecule has 2 aromatic rings. The van der Waals surface area contributed by atoms with Gasteiger partial charge >= 0.3 is 0 Å². The van der Waals surface area contributed by atoms with Gasteiger partial charge in [0.2, 0.25) is 0 Å². The Labute approximate surface area is 136 Å². The van der Waals surface area contributed by atoms with Crippen LogP contribution in [0.2, 0.25) is 15.1 Å². The molecule has 0 aliphatic rings. The quantitative estimate of drug-likeness (QED) is 0.840. The molecule has 2 N–H and O–H groups in total. The van der Waals surface area contributed by atoms with Crippen molar-refractivity contribution in [3.63, 3.8) is 0 Å².